The molecular weight excluding hydrogens is 408 g/mol. The Kier molecular flexibility index (Phi) is 7.22. The van der Waals surface area contributed by atoms with Gasteiger partial charge in [0.2, 0.25) is 5.91 Å². The number of hydrogen-bond donors (Lipinski definition) is 2. The zero-order valence-electron chi connectivity index (χ0n) is 18.8. The summed E-state index contributed by atoms with van der Waals surface area (Å²) >= 11 is 0. The van der Waals surface area contributed by atoms with Crippen LogP contribution in [-0.4, -0.2) is 40.4 Å². The van der Waals surface area contributed by atoms with Crippen molar-refractivity contribution in [1.82, 2.24) is 15.3 Å². The molecule has 0 unspecified atom stereocenters. The first-order valence-electron chi connectivity index (χ1n) is 10.8. The molecule has 2 amide bonds. The third-order valence-electron chi connectivity index (χ3n) is 6.03. The molecule has 0 saturated heterocycles. The lowest BCUT2D eigenvalue weighted by Gasteiger charge is -2.30. The number of amides is 2. The number of nitrogens with one attached hydrogen (secondary N) is 1. The Bertz CT molecular complexity index is 980. The van der Waals surface area contributed by atoms with E-state index in [0.29, 0.717) is 24.0 Å². The molecule has 3 N–H and O–H groups in total. The summed E-state index contributed by atoms with van der Waals surface area (Å²) in [4.78, 5) is 43.8. The van der Waals surface area contributed by atoms with Crippen LogP contribution in [0.4, 0.5) is 0 Å². The normalized spacial score (nSPS) is 18.6. The van der Waals surface area contributed by atoms with E-state index in [4.69, 9.17) is 10.5 Å². The minimum atomic E-state index is -1.02. The summed E-state index contributed by atoms with van der Waals surface area (Å²) in [5, 5.41) is 2.78. The molecule has 8 heteroatoms. The maximum atomic E-state index is 12.4. The number of benzene rings is 1. The van der Waals surface area contributed by atoms with Crippen molar-refractivity contribution in [2.24, 2.45) is 11.7 Å². The molecule has 1 saturated carbocycles. The van der Waals surface area contributed by atoms with Gasteiger partial charge in [-0.3, -0.25) is 14.6 Å². The van der Waals surface area contributed by atoms with E-state index in [9.17, 15) is 14.4 Å². The van der Waals surface area contributed by atoms with Gasteiger partial charge < -0.3 is 15.8 Å². The first-order valence-corrected chi connectivity index (χ1v) is 10.8. The number of carbonyl (C=O) groups is 3. The quantitative estimate of drug-likeness (QED) is 0.641. The van der Waals surface area contributed by atoms with Gasteiger partial charge in [0.25, 0.3) is 5.91 Å². The Morgan fingerprint density at radius 3 is 2.34 bits per heavy atom. The summed E-state index contributed by atoms with van der Waals surface area (Å²) < 4.78 is 4.74. The third-order valence-corrected chi connectivity index (χ3v) is 6.03. The molecule has 0 radical (unpaired) electrons. The summed E-state index contributed by atoms with van der Waals surface area (Å²) in [5.41, 5.74) is 7.15. The van der Waals surface area contributed by atoms with Crippen molar-refractivity contribution >= 4 is 17.8 Å². The summed E-state index contributed by atoms with van der Waals surface area (Å²) in [5.74, 6) is -0.420. The van der Waals surface area contributed by atoms with Gasteiger partial charge >= 0.3 is 5.97 Å². The van der Waals surface area contributed by atoms with Crippen LogP contribution in [0.15, 0.2) is 36.7 Å². The summed E-state index contributed by atoms with van der Waals surface area (Å²) in [6.45, 7) is 3.29. The van der Waals surface area contributed by atoms with E-state index in [-0.39, 0.29) is 11.6 Å². The van der Waals surface area contributed by atoms with Crippen LogP contribution in [0.25, 0.3) is 11.3 Å². The average Bonchev–Trinajstić information content (AvgIpc) is 2.78. The van der Waals surface area contributed by atoms with E-state index in [0.717, 1.165) is 31.2 Å². The van der Waals surface area contributed by atoms with Crippen LogP contribution in [0.5, 0.6) is 0 Å². The van der Waals surface area contributed by atoms with Crippen molar-refractivity contribution in [3.63, 3.8) is 0 Å². The van der Waals surface area contributed by atoms with E-state index in [2.05, 4.69) is 27.4 Å². The van der Waals surface area contributed by atoms with Crippen molar-refractivity contribution in [2.45, 2.75) is 57.4 Å². The highest BCUT2D eigenvalue weighted by molar-refractivity contribution is 5.91. The lowest BCUT2D eigenvalue weighted by Crippen LogP contribution is -2.50. The van der Waals surface area contributed by atoms with E-state index < -0.39 is 17.4 Å². The Hall–Kier alpha value is -3.29. The fourth-order valence-corrected chi connectivity index (χ4v) is 4.22. The molecule has 0 atom stereocenters. The first-order chi connectivity index (χ1) is 15.2. The second-order valence-electron chi connectivity index (χ2n) is 8.86. The fraction of sp³-hybridized carbons (Fsp3) is 0.458. The Balaban J connectivity index is 1.54. The van der Waals surface area contributed by atoms with Gasteiger partial charge in [0.1, 0.15) is 11.2 Å². The Morgan fingerprint density at radius 1 is 1.09 bits per heavy atom. The van der Waals surface area contributed by atoms with Gasteiger partial charge in [-0.2, -0.15) is 0 Å². The molecule has 1 aromatic heterocycles. The fourth-order valence-electron chi connectivity index (χ4n) is 4.22. The monoisotopic (exact) mass is 438 g/mol. The number of nitrogens with zero attached hydrogens (tertiary/aromatic N) is 2. The van der Waals surface area contributed by atoms with Crippen LogP contribution in [0.2, 0.25) is 0 Å². The third kappa shape index (κ3) is 5.69. The number of esters is 1. The number of ether oxygens (including phenoxy) is 1. The molecule has 1 aromatic carbocycles. The number of aromatic nitrogens is 2. The van der Waals surface area contributed by atoms with E-state index in [1.807, 2.05) is 12.1 Å². The van der Waals surface area contributed by atoms with Crippen molar-refractivity contribution in [2.75, 3.05) is 7.11 Å². The van der Waals surface area contributed by atoms with Crippen molar-refractivity contribution in [3.05, 3.63) is 47.9 Å². The largest absolute Gasteiger partial charge is 0.467 e. The highest BCUT2D eigenvalue weighted by Gasteiger charge is 2.32. The van der Waals surface area contributed by atoms with Gasteiger partial charge in [-0.05, 0) is 56.9 Å². The van der Waals surface area contributed by atoms with Gasteiger partial charge in [-0.25, -0.2) is 9.78 Å². The van der Waals surface area contributed by atoms with Crippen molar-refractivity contribution in [1.29, 1.82) is 0 Å². The zero-order chi connectivity index (χ0) is 23.3. The molecule has 1 fully saturated rings. The minimum absolute atomic E-state index is 0.118. The van der Waals surface area contributed by atoms with Crippen LogP contribution in [0, 0.1) is 5.92 Å². The number of carbonyl (C=O) groups excluding carboxylic acids is 3. The summed E-state index contributed by atoms with van der Waals surface area (Å²) in [6.07, 6.45) is 7.33. The molecule has 0 bridgehead atoms. The molecular formula is C24H30N4O4. The molecule has 1 aliphatic rings. The molecule has 8 nitrogen and oxygen atoms in total. The number of nitrogens with two attached hydrogens (primary N) is 1. The second-order valence-corrected chi connectivity index (χ2v) is 8.86. The maximum absolute atomic E-state index is 12.4. The van der Waals surface area contributed by atoms with Gasteiger partial charge in [-0.1, -0.05) is 24.3 Å². The van der Waals surface area contributed by atoms with E-state index in [1.165, 1.54) is 18.9 Å². The van der Waals surface area contributed by atoms with Crippen LogP contribution < -0.4 is 11.1 Å². The number of primary amides is 1. The standard InChI is InChI=1S/C24H30N4O4/c1-24(2,23(31)32-3)28-21(29)12-15-4-6-16(7-5-15)17-8-10-18(11-9-17)19-13-26-14-20(27-19)22(25)30/h8-11,13-16H,4-7,12H2,1-3H3,(H2,25,30)(H,28,29)/t15-,16-. The predicted molar refractivity (Wildman–Crippen MR) is 120 cm³/mol. The highest BCUT2D eigenvalue weighted by Crippen LogP contribution is 2.37. The van der Waals surface area contributed by atoms with E-state index in [1.54, 1.807) is 20.0 Å². The van der Waals surface area contributed by atoms with Crippen LogP contribution in [-0.2, 0) is 14.3 Å². The molecule has 3 rings (SSSR count). The van der Waals surface area contributed by atoms with Gasteiger partial charge in [0, 0.05) is 12.0 Å². The average molecular weight is 439 g/mol. The van der Waals surface area contributed by atoms with Crippen molar-refractivity contribution in [3.8, 4) is 11.3 Å². The highest BCUT2D eigenvalue weighted by atomic mass is 16.5. The van der Waals surface area contributed by atoms with Gasteiger partial charge in [0.05, 0.1) is 25.2 Å². The van der Waals surface area contributed by atoms with Crippen LogP contribution in [0.3, 0.4) is 0 Å². The molecule has 0 aliphatic heterocycles. The summed E-state index contributed by atoms with van der Waals surface area (Å²) in [6, 6.07) is 8.15. The first kappa shape index (κ1) is 23.4. The molecule has 32 heavy (non-hydrogen) atoms. The molecule has 0 spiro atoms. The van der Waals surface area contributed by atoms with Crippen LogP contribution in [0.1, 0.15) is 67.9 Å². The smallest absolute Gasteiger partial charge is 0.330 e. The maximum Gasteiger partial charge on any atom is 0.330 e. The molecule has 170 valence electrons. The van der Waals surface area contributed by atoms with E-state index >= 15 is 0 Å². The Morgan fingerprint density at radius 2 is 1.75 bits per heavy atom. The number of hydrogen-bond acceptors (Lipinski definition) is 6. The predicted octanol–water partition coefficient (Wildman–Crippen LogP) is 2.97. The molecule has 1 heterocycles. The zero-order valence-corrected chi connectivity index (χ0v) is 18.8. The molecule has 2 aromatic rings. The lowest BCUT2D eigenvalue weighted by atomic mass is 9.77. The second kappa shape index (κ2) is 9.89. The lowest BCUT2D eigenvalue weighted by molar-refractivity contribution is -0.149. The van der Waals surface area contributed by atoms with Gasteiger partial charge in [0.15, 0.2) is 0 Å². The number of rotatable bonds is 7. The van der Waals surface area contributed by atoms with Crippen LogP contribution >= 0.6 is 0 Å². The van der Waals surface area contributed by atoms with Crippen molar-refractivity contribution < 1.29 is 19.1 Å². The summed E-state index contributed by atoms with van der Waals surface area (Å²) in [7, 11) is 1.32. The Labute approximate surface area is 188 Å². The SMILES string of the molecule is COC(=O)C(C)(C)NC(=O)C[C@H]1CC[C@H](c2ccc(-c3cncc(C(N)=O)n3)cc2)CC1. The topological polar surface area (TPSA) is 124 Å². The van der Waals surface area contributed by atoms with Gasteiger partial charge in [-0.15, -0.1) is 0 Å². The minimum Gasteiger partial charge on any atom is -0.467 e. The molecule has 1 aliphatic carbocycles. The number of methoxy groups -OCH3 is 1.